The van der Waals surface area contributed by atoms with E-state index in [0.29, 0.717) is 0 Å². The topological polar surface area (TPSA) is 46.2 Å². The van der Waals surface area contributed by atoms with Crippen LogP contribution in [0.4, 0.5) is 0 Å². The highest BCUT2D eigenvalue weighted by Crippen LogP contribution is 2.20. The number of hydrogen-bond acceptors (Lipinski definition) is 2. The molecule has 118 valence electrons. The minimum Gasteiger partial charge on any atom is -0.212 e. The molecular formula is C17H20BrNO2S. The maximum atomic E-state index is 12.3. The molecule has 0 saturated carbocycles. The second kappa shape index (κ2) is 6.94. The summed E-state index contributed by atoms with van der Waals surface area (Å²) >= 11 is 3.34. The lowest BCUT2D eigenvalue weighted by Gasteiger charge is -2.17. The van der Waals surface area contributed by atoms with Crippen LogP contribution in [0.15, 0.2) is 46.9 Å². The lowest BCUT2D eigenvalue weighted by Crippen LogP contribution is -2.28. The number of hydrogen-bond donors (Lipinski definition) is 1. The van der Waals surface area contributed by atoms with E-state index < -0.39 is 10.0 Å². The SMILES string of the molecule is Cc1ccc([C@@H](C)NS(=O)(=O)Cc2ccc(Br)cc2)c(C)c1. The van der Waals surface area contributed by atoms with Crippen LogP contribution in [0.1, 0.15) is 35.2 Å². The molecule has 0 aliphatic carbocycles. The van der Waals surface area contributed by atoms with Gasteiger partial charge in [-0.25, -0.2) is 13.1 Å². The van der Waals surface area contributed by atoms with Gasteiger partial charge in [-0.05, 0) is 49.6 Å². The maximum Gasteiger partial charge on any atom is 0.216 e. The van der Waals surface area contributed by atoms with Gasteiger partial charge in [-0.15, -0.1) is 0 Å². The monoisotopic (exact) mass is 381 g/mol. The first-order valence-corrected chi connectivity index (χ1v) is 9.53. The van der Waals surface area contributed by atoms with E-state index >= 15 is 0 Å². The summed E-state index contributed by atoms with van der Waals surface area (Å²) in [5, 5.41) is 0. The molecule has 0 bridgehead atoms. The molecular weight excluding hydrogens is 362 g/mol. The van der Waals surface area contributed by atoms with Gasteiger partial charge >= 0.3 is 0 Å². The molecule has 0 heterocycles. The van der Waals surface area contributed by atoms with E-state index in [1.54, 1.807) is 0 Å². The Morgan fingerprint density at radius 1 is 1.09 bits per heavy atom. The Morgan fingerprint density at radius 3 is 2.32 bits per heavy atom. The molecule has 1 atom stereocenters. The minimum absolute atomic E-state index is 0.0183. The zero-order valence-electron chi connectivity index (χ0n) is 12.9. The number of nitrogens with one attached hydrogen (secondary N) is 1. The van der Waals surface area contributed by atoms with E-state index in [-0.39, 0.29) is 11.8 Å². The smallest absolute Gasteiger partial charge is 0.212 e. The van der Waals surface area contributed by atoms with Crippen molar-refractivity contribution >= 4 is 26.0 Å². The molecule has 0 amide bonds. The summed E-state index contributed by atoms with van der Waals surface area (Å²) in [7, 11) is -3.39. The van der Waals surface area contributed by atoms with Crippen LogP contribution in [0.25, 0.3) is 0 Å². The zero-order valence-corrected chi connectivity index (χ0v) is 15.3. The van der Waals surface area contributed by atoms with Crippen molar-refractivity contribution in [2.75, 3.05) is 0 Å². The molecule has 0 spiro atoms. The van der Waals surface area contributed by atoms with Gasteiger partial charge in [0.25, 0.3) is 0 Å². The Morgan fingerprint density at radius 2 is 1.73 bits per heavy atom. The third-order valence-corrected chi connectivity index (χ3v) is 5.47. The molecule has 0 aliphatic rings. The lowest BCUT2D eigenvalue weighted by atomic mass is 10.0. The highest BCUT2D eigenvalue weighted by Gasteiger charge is 2.17. The van der Waals surface area contributed by atoms with Gasteiger partial charge in [-0.2, -0.15) is 0 Å². The van der Waals surface area contributed by atoms with E-state index in [1.165, 1.54) is 5.56 Å². The standard InChI is InChI=1S/C17H20BrNO2S/c1-12-4-9-17(13(2)10-12)14(3)19-22(20,21)11-15-5-7-16(18)8-6-15/h4-10,14,19H,11H2,1-3H3/t14-/m1/s1. The minimum atomic E-state index is -3.39. The molecule has 0 aromatic heterocycles. The number of benzene rings is 2. The number of sulfonamides is 1. The highest BCUT2D eigenvalue weighted by molar-refractivity contribution is 9.10. The molecule has 1 N–H and O–H groups in total. The fraction of sp³-hybridized carbons (Fsp3) is 0.294. The molecule has 0 unspecified atom stereocenters. The number of aryl methyl sites for hydroxylation is 2. The van der Waals surface area contributed by atoms with Crippen molar-refractivity contribution in [3.8, 4) is 0 Å². The molecule has 2 rings (SSSR count). The van der Waals surface area contributed by atoms with E-state index in [9.17, 15) is 8.42 Å². The van der Waals surface area contributed by atoms with Crippen molar-refractivity contribution in [3.05, 3.63) is 69.2 Å². The van der Waals surface area contributed by atoms with E-state index in [2.05, 4.69) is 26.7 Å². The van der Waals surface area contributed by atoms with Gasteiger partial charge < -0.3 is 0 Å². The second-order valence-electron chi connectivity index (χ2n) is 5.59. The quantitative estimate of drug-likeness (QED) is 0.841. The summed E-state index contributed by atoms with van der Waals surface area (Å²) in [6, 6.07) is 13.1. The van der Waals surface area contributed by atoms with Gasteiger partial charge in [0.05, 0.1) is 5.75 Å². The fourth-order valence-corrected chi connectivity index (χ4v) is 4.13. The predicted octanol–water partition coefficient (Wildman–Crippen LogP) is 4.25. The van der Waals surface area contributed by atoms with Gasteiger partial charge in [0.15, 0.2) is 0 Å². The first-order valence-electron chi connectivity index (χ1n) is 7.08. The third kappa shape index (κ3) is 4.66. The molecule has 0 aliphatic heterocycles. The van der Waals surface area contributed by atoms with Crippen molar-refractivity contribution in [2.24, 2.45) is 0 Å². The molecule has 5 heteroatoms. The van der Waals surface area contributed by atoms with Gasteiger partial charge in [0.1, 0.15) is 0 Å². The van der Waals surface area contributed by atoms with E-state index in [0.717, 1.165) is 21.2 Å². The fourth-order valence-electron chi connectivity index (χ4n) is 2.49. The first kappa shape index (κ1) is 17.2. The van der Waals surface area contributed by atoms with Gasteiger partial charge in [0, 0.05) is 10.5 Å². The third-order valence-electron chi connectivity index (χ3n) is 3.52. The molecule has 2 aromatic carbocycles. The van der Waals surface area contributed by atoms with Crippen LogP contribution < -0.4 is 4.72 Å². The zero-order chi connectivity index (χ0) is 16.3. The van der Waals surface area contributed by atoms with Crippen LogP contribution >= 0.6 is 15.9 Å². The summed E-state index contributed by atoms with van der Waals surface area (Å²) in [6.45, 7) is 5.90. The summed E-state index contributed by atoms with van der Waals surface area (Å²) in [5.41, 5.74) is 4.04. The van der Waals surface area contributed by atoms with Crippen molar-refractivity contribution in [2.45, 2.75) is 32.6 Å². The van der Waals surface area contributed by atoms with Crippen LogP contribution in [0.2, 0.25) is 0 Å². The Hall–Kier alpha value is -1.17. The summed E-state index contributed by atoms with van der Waals surface area (Å²) in [6.07, 6.45) is 0. The number of rotatable bonds is 5. The normalized spacial score (nSPS) is 13.1. The Labute approximate surface area is 140 Å². The molecule has 2 aromatic rings. The first-order chi connectivity index (χ1) is 10.3. The highest BCUT2D eigenvalue weighted by atomic mass is 79.9. The average molecular weight is 382 g/mol. The van der Waals surface area contributed by atoms with Crippen LogP contribution in [0.3, 0.4) is 0 Å². The molecule has 3 nitrogen and oxygen atoms in total. The van der Waals surface area contributed by atoms with Crippen LogP contribution in [-0.2, 0) is 15.8 Å². The van der Waals surface area contributed by atoms with Crippen LogP contribution in [0.5, 0.6) is 0 Å². The van der Waals surface area contributed by atoms with Crippen molar-refractivity contribution in [1.82, 2.24) is 4.72 Å². The summed E-state index contributed by atoms with van der Waals surface area (Å²) in [4.78, 5) is 0. The van der Waals surface area contributed by atoms with E-state index in [4.69, 9.17) is 0 Å². The summed E-state index contributed by atoms with van der Waals surface area (Å²) in [5.74, 6) is -0.0183. The van der Waals surface area contributed by atoms with E-state index in [1.807, 2.05) is 57.2 Å². The van der Waals surface area contributed by atoms with Gasteiger partial charge in [-0.1, -0.05) is 51.8 Å². The van der Waals surface area contributed by atoms with Crippen LogP contribution in [-0.4, -0.2) is 8.42 Å². The van der Waals surface area contributed by atoms with Gasteiger partial charge in [0.2, 0.25) is 10.0 Å². The lowest BCUT2D eigenvalue weighted by molar-refractivity contribution is 0.565. The van der Waals surface area contributed by atoms with Crippen molar-refractivity contribution in [1.29, 1.82) is 0 Å². The largest absolute Gasteiger partial charge is 0.216 e. The molecule has 0 fully saturated rings. The maximum absolute atomic E-state index is 12.3. The molecule has 0 saturated heterocycles. The summed E-state index contributed by atoms with van der Waals surface area (Å²) < 4.78 is 28.3. The number of halogens is 1. The Kier molecular flexibility index (Phi) is 5.42. The Bertz CT molecular complexity index is 755. The Balaban J connectivity index is 2.12. The molecule has 22 heavy (non-hydrogen) atoms. The predicted molar refractivity (Wildman–Crippen MR) is 94.2 cm³/mol. The van der Waals surface area contributed by atoms with Crippen LogP contribution in [0, 0.1) is 13.8 Å². The van der Waals surface area contributed by atoms with Crippen molar-refractivity contribution < 1.29 is 8.42 Å². The van der Waals surface area contributed by atoms with Crippen molar-refractivity contribution in [3.63, 3.8) is 0 Å². The molecule has 0 radical (unpaired) electrons. The second-order valence-corrected chi connectivity index (χ2v) is 8.25. The average Bonchev–Trinajstić information content (AvgIpc) is 2.40. The van der Waals surface area contributed by atoms with Gasteiger partial charge in [-0.3, -0.25) is 0 Å².